The maximum Gasteiger partial charge on any atom is 0.259 e. The number of rotatable bonds is 2. The molecule has 0 atom stereocenters. The molecule has 0 unspecified atom stereocenters. The summed E-state index contributed by atoms with van der Waals surface area (Å²) >= 11 is 0. The van der Waals surface area contributed by atoms with E-state index in [2.05, 4.69) is 4.98 Å². The Morgan fingerprint density at radius 2 is 1.84 bits per heavy atom. The highest BCUT2D eigenvalue weighted by Gasteiger charge is 2.15. The largest absolute Gasteiger partial charge is 0.505 e. The third-order valence-corrected chi connectivity index (χ3v) is 2.30. The molecule has 1 amide bonds. The van der Waals surface area contributed by atoms with Gasteiger partial charge in [-0.05, 0) is 6.07 Å². The Morgan fingerprint density at radius 1 is 1.16 bits per heavy atom. The zero-order chi connectivity index (χ0) is 14.0. The number of nitrogens with one attached hydrogen (secondary N) is 1. The number of carbonyl (C=O) groups is 1. The molecule has 1 aromatic heterocycles. The number of aromatic hydroxyl groups is 1. The molecule has 4 nitrogen and oxygen atoms in total. The number of aromatic nitrogens is 1. The number of hydrogen-bond acceptors (Lipinski definition) is 3. The molecule has 0 saturated carbocycles. The van der Waals surface area contributed by atoms with E-state index >= 15 is 0 Å². The molecular weight excluding hydrogens is 261 g/mol. The van der Waals surface area contributed by atoms with Gasteiger partial charge in [-0.25, -0.2) is 13.2 Å². The van der Waals surface area contributed by atoms with E-state index in [9.17, 15) is 23.1 Å². The van der Waals surface area contributed by atoms with E-state index in [1.165, 1.54) is 12.3 Å². The van der Waals surface area contributed by atoms with Crippen LogP contribution in [0.2, 0.25) is 0 Å². The maximum atomic E-state index is 13.3. The SMILES string of the molecule is O=C(Nc1cc(F)c(F)cc1F)c1ccncc1O. The highest BCUT2D eigenvalue weighted by molar-refractivity contribution is 6.06. The van der Waals surface area contributed by atoms with Crippen molar-refractivity contribution in [1.29, 1.82) is 0 Å². The van der Waals surface area contributed by atoms with Gasteiger partial charge < -0.3 is 10.4 Å². The zero-order valence-corrected chi connectivity index (χ0v) is 9.32. The van der Waals surface area contributed by atoms with Crippen molar-refractivity contribution in [1.82, 2.24) is 4.98 Å². The first kappa shape index (κ1) is 12.9. The smallest absolute Gasteiger partial charge is 0.259 e. The van der Waals surface area contributed by atoms with E-state index in [4.69, 9.17) is 0 Å². The number of pyridine rings is 1. The molecule has 2 rings (SSSR count). The van der Waals surface area contributed by atoms with Gasteiger partial charge in [0.05, 0.1) is 17.4 Å². The minimum absolute atomic E-state index is 0.167. The lowest BCUT2D eigenvalue weighted by atomic mass is 10.2. The number of hydrogen-bond donors (Lipinski definition) is 2. The molecule has 2 aromatic rings. The lowest BCUT2D eigenvalue weighted by Crippen LogP contribution is -2.13. The zero-order valence-electron chi connectivity index (χ0n) is 9.32. The fraction of sp³-hybridized carbons (Fsp3) is 0. The third kappa shape index (κ3) is 2.65. The summed E-state index contributed by atoms with van der Waals surface area (Å²) in [5.74, 6) is -5.06. The molecule has 0 fully saturated rings. The van der Waals surface area contributed by atoms with Crippen LogP contribution in [-0.4, -0.2) is 16.0 Å². The Morgan fingerprint density at radius 3 is 2.53 bits per heavy atom. The molecule has 0 aliphatic carbocycles. The average Bonchev–Trinajstić information content (AvgIpc) is 2.36. The minimum atomic E-state index is -1.36. The fourth-order valence-electron chi connectivity index (χ4n) is 1.39. The second-order valence-electron chi connectivity index (χ2n) is 3.59. The number of amides is 1. The molecule has 19 heavy (non-hydrogen) atoms. The standard InChI is InChI=1S/C12H7F3N2O2/c13-7-3-9(15)10(4-8(7)14)17-12(19)6-1-2-16-5-11(6)18/h1-5,18H,(H,17,19). The van der Waals surface area contributed by atoms with Crippen molar-refractivity contribution in [3.8, 4) is 5.75 Å². The molecule has 0 saturated heterocycles. The number of halogens is 3. The van der Waals surface area contributed by atoms with Gasteiger partial charge in [-0.3, -0.25) is 9.78 Å². The van der Waals surface area contributed by atoms with Crippen LogP contribution < -0.4 is 5.32 Å². The van der Waals surface area contributed by atoms with Crippen molar-refractivity contribution < 1.29 is 23.1 Å². The number of benzene rings is 1. The van der Waals surface area contributed by atoms with Gasteiger partial charge in [0.15, 0.2) is 11.6 Å². The molecule has 98 valence electrons. The van der Waals surface area contributed by atoms with Gasteiger partial charge in [0.2, 0.25) is 0 Å². The summed E-state index contributed by atoms with van der Waals surface area (Å²) < 4.78 is 39.0. The van der Waals surface area contributed by atoms with Crippen LogP contribution in [0, 0.1) is 17.5 Å². The Hall–Kier alpha value is -2.57. The Bertz CT molecular complexity index is 647. The first-order valence-electron chi connectivity index (χ1n) is 5.08. The lowest BCUT2D eigenvalue weighted by Gasteiger charge is -2.07. The van der Waals surface area contributed by atoms with Gasteiger partial charge in [-0.15, -0.1) is 0 Å². The third-order valence-electron chi connectivity index (χ3n) is 2.30. The molecule has 2 N–H and O–H groups in total. The second-order valence-corrected chi connectivity index (χ2v) is 3.59. The Kier molecular flexibility index (Phi) is 3.37. The van der Waals surface area contributed by atoms with Gasteiger partial charge >= 0.3 is 0 Å². The molecule has 1 aromatic carbocycles. The molecular formula is C12H7F3N2O2. The molecule has 1 heterocycles. The summed E-state index contributed by atoms with van der Waals surface area (Å²) in [4.78, 5) is 15.3. The highest BCUT2D eigenvalue weighted by atomic mass is 19.2. The summed E-state index contributed by atoms with van der Waals surface area (Å²) in [5, 5.41) is 11.4. The van der Waals surface area contributed by atoms with Gasteiger partial charge in [-0.1, -0.05) is 0 Å². The summed E-state index contributed by atoms with van der Waals surface area (Å²) in [7, 11) is 0. The fourth-order valence-corrected chi connectivity index (χ4v) is 1.39. The van der Waals surface area contributed by atoms with E-state index in [0.717, 1.165) is 6.20 Å². The summed E-state index contributed by atoms with van der Waals surface area (Å²) in [6.45, 7) is 0. The quantitative estimate of drug-likeness (QED) is 0.822. The maximum absolute atomic E-state index is 13.3. The second kappa shape index (κ2) is 4.97. The van der Waals surface area contributed by atoms with Crippen molar-refractivity contribution in [3.63, 3.8) is 0 Å². The van der Waals surface area contributed by atoms with Crippen LogP contribution in [-0.2, 0) is 0 Å². The van der Waals surface area contributed by atoms with E-state index < -0.39 is 34.8 Å². The van der Waals surface area contributed by atoms with Gasteiger partial charge in [0.25, 0.3) is 5.91 Å². The Balaban J connectivity index is 2.30. The molecule has 0 radical (unpaired) electrons. The van der Waals surface area contributed by atoms with Crippen molar-refractivity contribution in [2.45, 2.75) is 0 Å². The van der Waals surface area contributed by atoms with Crippen LogP contribution in [0.1, 0.15) is 10.4 Å². The van der Waals surface area contributed by atoms with Crippen LogP contribution in [0.4, 0.5) is 18.9 Å². The van der Waals surface area contributed by atoms with Gasteiger partial charge in [-0.2, -0.15) is 0 Å². The van der Waals surface area contributed by atoms with Crippen LogP contribution in [0.25, 0.3) is 0 Å². The normalized spacial score (nSPS) is 10.3. The van der Waals surface area contributed by atoms with E-state index in [1.807, 2.05) is 5.32 Å². The summed E-state index contributed by atoms with van der Waals surface area (Å²) in [6, 6.07) is 2.03. The topological polar surface area (TPSA) is 62.2 Å². The van der Waals surface area contributed by atoms with Crippen molar-refractivity contribution in [2.24, 2.45) is 0 Å². The highest BCUT2D eigenvalue weighted by Crippen LogP contribution is 2.21. The summed E-state index contributed by atoms with van der Waals surface area (Å²) in [6.07, 6.45) is 2.27. The van der Waals surface area contributed by atoms with Crippen molar-refractivity contribution >= 4 is 11.6 Å². The molecule has 0 bridgehead atoms. The molecule has 7 heteroatoms. The molecule has 0 aliphatic rings. The van der Waals surface area contributed by atoms with Crippen molar-refractivity contribution in [3.05, 3.63) is 53.6 Å². The first-order valence-corrected chi connectivity index (χ1v) is 5.08. The van der Waals surface area contributed by atoms with E-state index in [0.29, 0.717) is 12.1 Å². The van der Waals surface area contributed by atoms with Gasteiger partial charge in [0.1, 0.15) is 11.6 Å². The number of anilines is 1. The predicted molar refractivity (Wildman–Crippen MR) is 60.2 cm³/mol. The van der Waals surface area contributed by atoms with Crippen LogP contribution >= 0.6 is 0 Å². The van der Waals surface area contributed by atoms with E-state index in [1.54, 1.807) is 0 Å². The summed E-state index contributed by atoms with van der Waals surface area (Å²) in [5.41, 5.74) is -0.695. The van der Waals surface area contributed by atoms with E-state index in [-0.39, 0.29) is 5.56 Å². The van der Waals surface area contributed by atoms with Crippen LogP contribution in [0.15, 0.2) is 30.6 Å². The minimum Gasteiger partial charge on any atom is -0.505 e. The average molecular weight is 268 g/mol. The van der Waals surface area contributed by atoms with Gasteiger partial charge in [0, 0.05) is 18.3 Å². The molecule has 0 aliphatic heterocycles. The van der Waals surface area contributed by atoms with Crippen LogP contribution in [0.3, 0.4) is 0 Å². The number of carbonyl (C=O) groups excluding carboxylic acids is 1. The Labute approximate surface area is 105 Å². The number of nitrogens with zero attached hydrogens (tertiary/aromatic N) is 1. The van der Waals surface area contributed by atoms with Crippen molar-refractivity contribution in [2.75, 3.05) is 5.32 Å². The van der Waals surface area contributed by atoms with Crippen LogP contribution in [0.5, 0.6) is 5.75 Å². The predicted octanol–water partition coefficient (Wildman–Crippen LogP) is 2.46. The first-order chi connectivity index (χ1) is 8.99. The molecule has 0 spiro atoms. The lowest BCUT2D eigenvalue weighted by molar-refractivity contribution is 0.102. The monoisotopic (exact) mass is 268 g/mol.